The van der Waals surface area contributed by atoms with E-state index in [1.807, 2.05) is 0 Å². The summed E-state index contributed by atoms with van der Waals surface area (Å²) in [6.07, 6.45) is 4.24. The number of hydrogen-bond donors (Lipinski definition) is 1. The van der Waals surface area contributed by atoms with E-state index in [4.69, 9.17) is 5.11 Å². The third-order valence-corrected chi connectivity index (χ3v) is 4.28. The maximum atomic E-state index is 13.8. The van der Waals surface area contributed by atoms with Crippen molar-refractivity contribution in [3.8, 4) is 0 Å². The number of allylic oxidation sites excluding steroid dienone is 1. The van der Waals surface area contributed by atoms with Crippen LogP contribution in [-0.4, -0.2) is 16.9 Å². The molecule has 21 heavy (non-hydrogen) atoms. The molecule has 0 radical (unpaired) electrons. The molecule has 0 aromatic heterocycles. The summed E-state index contributed by atoms with van der Waals surface area (Å²) in [4.78, 5) is 23.5. The van der Waals surface area contributed by atoms with Crippen LogP contribution in [0.2, 0.25) is 0 Å². The highest BCUT2D eigenvalue weighted by Gasteiger charge is 2.41. The first-order valence-electron chi connectivity index (χ1n) is 7.15. The molecule has 3 nitrogen and oxygen atoms in total. The average Bonchev–Trinajstić information content (AvgIpc) is 2.43. The summed E-state index contributed by atoms with van der Waals surface area (Å²) in [5, 5.41) is 8.76. The Hall–Kier alpha value is -1.97. The van der Waals surface area contributed by atoms with Crippen LogP contribution in [-0.2, 0) is 11.2 Å². The SMILES string of the molecule is C=CC[C@@]1(CCCC(=O)O)CCc2c(F)cccc2C1=O. The van der Waals surface area contributed by atoms with Gasteiger partial charge in [-0.3, -0.25) is 9.59 Å². The maximum Gasteiger partial charge on any atom is 0.303 e. The molecule has 1 aliphatic carbocycles. The summed E-state index contributed by atoms with van der Waals surface area (Å²) in [5.41, 5.74) is 0.302. The first kappa shape index (κ1) is 15.4. The topological polar surface area (TPSA) is 54.4 Å². The zero-order chi connectivity index (χ0) is 15.5. The molecular formula is C17H19FO3. The van der Waals surface area contributed by atoms with Crippen molar-refractivity contribution in [2.75, 3.05) is 0 Å². The van der Waals surface area contributed by atoms with Crippen molar-refractivity contribution >= 4 is 11.8 Å². The number of Topliss-reactive ketones (excluding diaryl/α,β-unsaturated/α-hetero) is 1. The number of fused-ring (bicyclic) bond motifs is 1. The van der Waals surface area contributed by atoms with Crippen molar-refractivity contribution in [3.63, 3.8) is 0 Å². The number of carboxylic acid groups (broad SMARTS) is 1. The number of carbonyl (C=O) groups excluding carboxylic acids is 1. The predicted molar refractivity (Wildman–Crippen MR) is 77.8 cm³/mol. The van der Waals surface area contributed by atoms with E-state index in [-0.39, 0.29) is 18.0 Å². The lowest BCUT2D eigenvalue weighted by molar-refractivity contribution is -0.137. The lowest BCUT2D eigenvalue weighted by Crippen LogP contribution is -2.36. The van der Waals surface area contributed by atoms with Crippen LogP contribution < -0.4 is 0 Å². The van der Waals surface area contributed by atoms with Crippen molar-refractivity contribution in [1.82, 2.24) is 0 Å². The Kier molecular flexibility index (Phi) is 4.56. The van der Waals surface area contributed by atoms with Crippen LogP contribution >= 0.6 is 0 Å². The van der Waals surface area contributed by atoms with E-state index >= 15 is 0 Å². The average molecular weight is 290 g/mol. The molecule has 0 bridgehead atoms. The van der Waals surface area contributed by atoms with Gasteiger partial charge in [0.15, 0.2) is 5.78 Å². The second-order valence-electron chi connectivity index (χ2n) is 5.62. The van der Waals surface area contributed by atoms with Gasteiger partial charge in [-0.2, -0.15) is 0 Å². The fourth-order valence-corrected chi connectivity index (χ4v) is 3.18. The van der Waals surface area contributed by atoms with E-state index in [0.717, 1.165) is 0 Å². The first-order valence-corrected chi connectivity index (χ1v) is 7.15. The van der Waals surface area contributed by atoms with Gasteiger partial charge in [0.25, 0.3) is 0 Å². The third kappa shape index (κ3) is 3.04. The summed E-state index contributed by atoms with van der Waals surface area (Å²) in [6, 6.07) is 4.58. The van der Waals surface area contributed by atoms with Crippen LogP contribution in [0.1, 0.15) is 48.0 Å². The number of carbonyl (C=O) groups is 2. The third-order valence-electron chi connectivity index (χ3n) is 4.28. The van der Waals surface area contributed by atoms with Crippen LogP contribution in [0, 0.1) is 11.2 Å². The molecule has 1 atom stereocenters. The minimum Gasteiger partial charge on any atom is -0.481 e. The molecule has 0 unspecified atom stereocenters. The largest absolute Gasteiger partial charge is 0.481 e. The minimum atomic E-state index is -0.863. The monoisotopic (exact) mass is 290 g/mol. The van der Waals surface area contributed by atoms with E-state index in [1.165, 1.54) is 6.07 Å². The van der Waals surface area contributed by atoms with Gasteiger partial charge in [0, 0.05) is 17.4 Å². The Morgan fingerprint density at radius 3 is 2.90 bits per heavy atom. The first-order chi connectivity index (χ1) is 10.00. The summed E-state index contributed by atoms with van der Waals surface area (Å²) < 4.78 is 13.8. The number of ketones is 1. The molecule has 0 heterocycles. The van der Waals surface area contributed by atoms with Gasteiger partial charge in [-0.25, -0.2) is 4.39 Å². The lowest BCUT2D eigenvalue weighted by Gasteiger charge is -2.36. The molecule has 0 fully saturated rings. The van der Waals surface area contributed by atoms with E-state index in [1.54, 1.807) is 18.2 Å². The highest BCUT2D eigenvalue weighted by atomic mass is 19.1. The van der Waals surface area contributed by atoms with Crippen molar-refractivity contribution < 1.29 is 19.1 Å². The molecule has 1 aromatic carbocycles. The van der Waals surface area contributed by atoms with E-state index < -0.39 is 11.4 Å². The zero-order valence-electron chi connectivity index (χ0n) is 11.9. The number of halogens is 1. The van der Waals surface area contributed by atoms with Gasteiger partial charge in [0.05, 0.1) is 0 Å². The van der Waals surface area contributed by atoms with Crippen LogP contribution in [0.15, 0.2) is 30.9 Å². The summed E-state index contributed by atoms with van der Waals surface area (Å²) in [7, 11) is 0. The Bertz CT molecular complexity index is 579. The van der Waals surface area contributed by atoms with Crippen molar-refractivity contribution in [3.05, 3.63) is 47.8 Å². The number of aliphatic carboxylic acids is 1. The highest BCUT2D eigenvalue weighted by Crippen LogP contribution is 2.43. The Morgan fingerprint density at radius 1 is 1.48 bits per heavy atom. The van der Waals surface area contributed by atoms with Crippen LogP contribution in [0.4, 0.5) is 4.39 Å². The number of hydrogen-bond acceptors (Lipinski definition) is 2. The van der Waals surface area contributed by atoms with Gasteiger partial charge in [0.2, 0.25) is 0 Å². The quantitative estimate of drug-likeness (QED) is 0.811. The lowest BCUT2D eigenvalue weighted by atomic mass is 9.66. The number of benzene rings is 1. The molecule has 0 amide bonds. The van der Waals surface area contributed by atoms with Crippen molar-refractivity contribution in [2.45, 2.75) is 38.5 Å². The van der Waals surface area contributed by atoms with Crippen LogP contribution in [0.5, 0.6) is 0 Å². The fraction of sp³-hybridized carbons (Fsp3) is 0.412. The number of rotatable bonds is 6. The van der Waals surface area contributed by atoms with Crippen molar-refractivity contribution in [1.29, 1.82) is 0 Å². The molecule has 0 aliphatic heterocycles. The van der Waals surface area contributed by atoms with Gasteiger partial charge in [-0.1, -0.05) is 18.2 Å². The minimum absolute atomic E-state index is 0.0438. The van der Waals surface area contributed by atoms with Gasteiger partial charge < -0.3 is 5.11 Å². The summed E-state index contributed by atoms with van der Waals surface area (Å²) >= 11 is 0. The maximum absolute atomic E-state index is 13.8. The fourth-order valence-electron chi connectivity index (χ4n) is 3.18. The Morgan fingerprint density at radius 2 is 2.24 bits per heavy atom. The molecule has 2 rings (SSSR count). The van der Waals surface area contributed by atoms with E-state index in [0.29, 0.717) is 43.2 Å². The van der Waals surface area contributed by atoms with Gasteiger partial charge in [-0.05, 0) is 43.7 Å². The standard InChI is InChI=1S/C17H19FO3/c1-2-9-17(10-4-7-15(19)20)11-8-12-13(16(17)21)5-3-6-14(12)18/h2-3,5-6H,1,4,7-11H2,(H,19,20)/t17-/m1/s1. The molecule has 0 saturated heterocycles. The van der Waals surface area contributed by atoms with Gasteiger partial charge in [0.1, 0.15) is 5.82 Å². The van der Waals surface area contributed by atoms with Gasteiger partial charge >= 0.3 is 5.97 Å². The highest BCUT2D eigenvalue weighted by molar-refractivity contribution is 6.03. The zero-order valence-corrected chi connectivity index (χ0v) is 11.9. The molecule has 4 heteroatoms. The van der Waals surface area contributed by atoms with E-state index in [9.17, 15) is 14.0 Å². The smallest absolute Gasteiger partial charge is 0.303 e. The van der Waals surface area contributed by atoms with E-state index in [2.05, 4.69) is 6.58 Å². The summed E-state index contributed by atoms with van der Waals surface area (Å²) in [5.74, 6) is -1.27. The number of carboxylic acids is 1. The van der Waals surface area contributed by atoms with Gasteiger partial charge in [-0.15, -0.1) is 6.58 Å². The predicted octanol–water partition coefficient (Wildman–Crippen LogP) is 3.77. The Balaban J connectivity index is 2.28. The summed E-state index contributed by atoms with van der Waals surface area (Å²) in [6.45, 7) is 3.71. The normalized spacial score (nSPS) is 20.9. The molecule has 112 valence electrons. The molecule has 0 spiro atoms. The molecule has 1 aromatic rings. The van der Waals surface area contributed by atoms with Crippen molar-refractivity contribution in [2.24, 2.45) is 5.41 Å². The molecule has 1 aliphatic rings. The second kappa shape index (κ2) is 6.20. The molecular weight excluding hydrogens is 271 g/mol. The molecule has 0 saturated carbocycles. The van der Waals surface area contributed by atoms with Crippen LogP contribution in [0.3, 0.4) is 0 Å². The molecule has 1 N–H and O–H groups in total. The second-order valence-corrected chi connectivity index (χ2v) is 5.62. The van der Waals surface area contributed by atoms with Crippen LogP contribution in [0.25, 0.3) is 0 Å². The Labute approximate surface area is 123 Å².